The number of nitrogens with zero attached hydrogens (tertiary/aromatic N) is 4. The predicted molar refractivity (Wildman–Crippen MR) is 137 cm³/mol. The molecule has 38 heavy (non-hydrogen) atoms. The quantitative estimate of drug-likeness (QED) is 0.180. The van der Waals surface area contributed by atoms with Crippen LogP contribution in [0.1, 0.15) is 11.1 Å². The maximum atomic E-state index is 12.4. The average Bonchev–Trinajstić information content (AvgIpc) is 2.93. The van der Waals surface area contributed by atoms with Crippen LogP contribution in [-0.4, -0.2) is 33.7 Å². The van der Waals surface area contributed by atoms with E-state index in [0.717, 1.165) is 4.57 Å². The number of hydrogen-bond donors (Lipinski definition) is 3. The van der Waals surface area contributed by atoms with Crippen LogP contribution < -0.4 is 20.7 Å². The Morgan fingerprint density at radius 1 is 1.11 bits per heavy atom. The topological polar surface area (TPSA) is 166 Å². The molecule has 0 aliphatic rings. The molecule has 0 atom stereocenters. The summed E-state index contributed by atoms with van der Waals surface area (Å²) in [5, 5.41) is 38.9. The number of H-pyrrole nitrogens is 1. The van der Waals surface area contributed by atoms with Crippen molar-refractivity contribution in [2.24, 2.45) is 0 Å². The molecule has 0 saturated heterocycles. The zero-order chi connectivity index (χ0) is 27.7. The number of ether oxygens (including phenoxy) is 2. The highest BCUT2D eigenvalue weighted by atomic mass is 16.6. The van der Waals surface area contributed by atoms with Crippen molar-refractivity contribution in [2.75, 3.05) is 13.9 Å². The van der Waals surface area contributed by atoms with E-state index in [1.807, 2.05) is 6.07 Å². The molecule has 2 aromatic carbocycles. The third-order valence-electron chi connectivity index (χ3n) is 5.20. The van der Waals surface area contributed by atoms with Gasteiger partial charge in [0, 0.05) is 5.57 Å². The molecule has 0 fully saturated rings. The molecule has 0 aliphatic heterocycles. The van der Waals surface area contributed by atoms with Gasteiger partial charge in [-0.3, -0.25) is 9.78 Å². The second-order valence-corrected chi connectivity index (χ2v) is 7.33. The summed E-state index contributed by atoms with van der Waals surface area (Å²) in [7, 11) is 1.48. The fourth-order valence-corrected chi connectivity index (χ4v) is 3.43. The Balaban J connectivity index is 2.09. The maximum Gasteiger partial charge on any atom is 0.335 e. The summed E-state index contributed by atoms with van der Waals surface area (Å²) >= 11 is 0. The Morgan fingerprint density at radius 2 is 1.76 bits per heavy atom. The molecule has 0 aliphatic carbocycles. The third-order valence-corrected chi connectivity index (χ3v) is 5.20. The number of aromatic amines is 1. The summed E-state index contributed by atoms with van der Waals surface area (Å²) in [5.74, 6) is 0.220. The van der Waals surface area contributed by atoms with Gasteiger partial charge < -0.3 is 19.7 Å². The lowest BCUT2D eigenvalue weighted by atomic mass is 9.96. The van der Waals surface area contributed by atoms with Crippen molar-refractivity contribution in [1.29, 1.82) is 10.5 Å². The predicted octanol–water partition coefficient (Wildman–Crippen LogP) is 2.89. The Labute approximate surface area is 216 Å². The first-order chi connectivity index (χ1) is 18.4. The Bertz CT molecular complexity index is 1660. The van der Waals surface area contributed by atoms with Crippen LogP contribution in [0.2, 0.25) is 0 Å². The molecule has 0 amide bonds. The number of aromatic hydroxyl groups is 1. The number of hydrogen-bond acceptors (Lipinski definition) is 8. The van der Waals surface area contributed by atoms with Crippen molar-refractivity contribution in [3.63, 3.8) is 0 Å². The van der Waals surface area contributed by atoms with Crippen LogP contribution >= 0.6 is 0 Å². The molecule has 3 aromatic rings. The number of benzene rings is 2. The second kappa shape index (κ2) is 12.2. The van der Waals surface area contributed by atoms with E-state index in [4.69, 9.17) is 21.2 Å². The molecule has 0 unspecified atom stereocenters. The number of nitrogens with one attached hydrogen (secondary N) is 1. The smallest absolute Gasteiger partial charge is 0.335 e. The van der Waals surface area contributed by atoms with Gasteiger partial charge >= 0.3 is 5.69 Å². The van der Waals surface area contributed by atoms with Crippen molar-refractivity contribution in [3.8, 4) is 35.2 Å². The van der Waals surface area contributed by atoms with Gasteiger partial charge in [-0.15, -0.1) is 0 Å². The number of rotatable bonds is 8. The Morgan fingerprint density at radius 3 is 2.32 bits per heavy atom. The van der Waals surface area contributed by atoms with E-state index in [1.165, 1.54) is 61.7 Å². The Hall–Kier alpha value is -5.83. The van der Waals surface area contributed by atoms with Crippen molar-refractivity contribution in [3.05, 3.63) is 115 Å². The van der Waals surface area contributed by atoms with Gasteiger partial charge in [0.05, 0.1) is 37.1 Å². The number of methoxy groups -OCH3 is 1. The minimum absolute atomic E-state index is 0.0338. The molecule has 11 nitrogen and oxygen atoms in total. The van der Waals surface area contributed by atoms with E-state index in [-0.39, 0.29) is 28.1 Å². The van der Waals surface area contributed by atoms with Crippen molar-refractivity contribution >= 4 is 11.6 Å². The fraction of sp³-hybridized carbons (Fsp3) is 0.0741. The zero-order valence-corrected chi connectivity index (χ0v) is 19.9. The highest BCUT2D eigenvalue weighted by molar-refractivity contribution is 5.88. The number of aliphatic hydroxyl groups excluding tert-OH is 1. The van der Waals surface area contributed by atoms with Crippen LogP contribution in [0.5, 0.6) is 17.4 Å². The van der Waals surface area contributed by atoms with E-state index >= 15 is 0 Å². The molecule has 188 valence electrons. The molecular weight excluding hydrogens is 490 g/mol. The summed E-state index contributed by atoms with van der Waals surface area (Å²) in [6.45, 7) is 6.81. The number of nitriles is 2. The summed E-state index contributed by atoms with van der Waals surface area (Å²) < 4.78 is 11.0. The van der Waals surface area contributed by atoms with E-state index in [2.05, 4.69) is 9.83 Å². The van der Waals surface area contributed by atoms with Crippen LogP contribution in [0.4, 0.5) is 0 Å². The molecular formula is C27H19N5O6. The van der Waals surface area contributed by atoms with Crippen LogP contribution in [0.25, 0.3) is 22.2 Å². The average molecular weight is 509 g/mol. The van der Waals surface area contributed by atoms with Gasteiger partial charge in [0.2, 0.25) is 5.88 Å². The first-order valence-electron chi connectivity index (χ1n) is 10.8. The fourth-order valence-electron chi connectivity index (χ4n) is 3.43. The van der Waals surface area contributed by atoms with E-state index in [9.17, 15) is 25.2 Å². The lowest BCUT2D eigenvalue weighted by Crippen LogP contribution is -2.30. The van der Waals surface area contributed by atoms with Gasteiger partial charge in [-0.05, 0) is 54.1 Å². The number of allylic oxidation sites excluding steroid dienone is 5. The Kier molecular flexibility index (Phi) is 8.61. The van der Waals surface area contributed by atoms with Gasteiger partial charge in [-0.25, -0.2) is 19.5 Å². The van der Waals surface area contributed by atoms with Crippen LogP contribution in [-0.2, 0) is 0 Å². The maximum absolute atomic E-state index is 12.4. The number of aliphatic hydroxyl groups is 1. The van der Waals surface area contributed by atoms with Crippen molar-refractivity contribution < 1.29 is 19.7 Å². The highest BCUT2D eigenvalue weighted by Gasteiger charge is 2.16. The molecule has 11 heteroatoms. The molecule has 0 bridgehead atoms. The molecule has 0 radical (unpaired) electrons. The summed E-state index contributed by atoms with van der Waals surface area (Å²) in [6.07, 6.45) is 3.72. The second-order valence-electron chi connectivity index (χ2n) is 7.33. The molecule has 0 saturated carbocycles. The molecule has 3 N–H and O–H groups in total. The van der Waals surface area contributed by atoms with E-state index in [1.54, 1.807) is 18.2 Å². The van der Waals surface area contributed by atoms with Crippen molar-refractivity contribution in [2.45, 2.75) is 0 Å². The van der Waals surface area contributed by atoms with Gasteiger partial charge in [0.1, 0.15) is 17.1 Å². The molecule has 1 heterocycles. The monoisotopic (exact) mass is 509 g/mol. The first kappa shape index (κ1) is 26.8. The van der Waals surface area contributed by atoms with E-state index < -0.39 is 23.9 Å². The van der Waals surface area contributed by atoms with Crippen molar-refractivity contribution in [1.82, 2.24) is 9.55 Å². The summed E-state index contributed by atoms with van der Waals surface area (Å²) in [5.41, 5.74) is -1.77. The van der Waals surface area contributed by atoms with Gasteiger partial charge in [-0.1, -0.05) is 18.2 Å². The molecule has 1 aromatic heterocycles. The molecule has 0 spiro atoms. The normalized spacial score (nSPS) is 11.7. The largest absolute Gasteiger partial charge is 0.497 e. The number of aromatic nitrogens is 2. The minimum Gasteiger partial charge on any atom is -0.497 e. The standard InChI is InChI=1S/C27H19N5O6/c1-30-23(15-29)24(17-6-10-21(11-7-17)38-16-33)18(14-28)4-3-5-22-25(34)31-27(36)32(26(22)35)19-8-12-20(37-2)13-9-19/h3-13,33,35H,16H2,2H3,(H,31,34,36)/b5-3+,18-4+,24-23+. The first-order valence-corrected chi connectivity index (χ1v) is 10.8. The van der Waals surface area contributed by atoms with Crippen LogP contribution in [0.3, 0.4) is 0 Å². The SMILES string of the molecule is [C-]#[N+]/C(C#N)=C(/C(C#N)=C/C=C/c1c(O)n(-c2ccc(OC)cc2)c(=O)[nH]c1=O)c1ccc(OCO)cc1. The van der Waals surface area contributed by atoms with Crippen LogP contribution in [0.15, 0.2) is 81.5 Å². The third kappa shape index (κ3) is 5.69. The van der Waals surface area contributed by atoms with Gasteiger partial charge in [-0.2, -0.15) is 5.26 Å². The van der Waals surface area contributed by atoms with E-state index in [0.29, 0.717) is 17.1 Å². The lowest BCUT2D eigenvalue weighted by Gasteiger charge is -2.10. The van der Waals surface area contributed by atoms with Gasteiger partial charge in [0.25, 0.3) is 11.3 Å². The summed E-state index contributed by atoms with van der Waals surface area (Å²) in [4.78, 5) is 30.2. The molecule has 3 rings (SSSR count). The van der Waals surface area contributed by atoms with Gasteiger partial charge in [0.15, 0.2) is 6.79 Å². The lowest BCUT2D eigenvalue weighted by molar-refractivity contribution is 0.0985. The minimum atomic E-state index is -0.866. The van der Waals surface area contributed by atoms with Crippen LogP contribution in [0, 0.1) is 29.2 Å². The highest BCUT2D eigenvalue weighted by Crippen LogP contribution is 2.29. The zero-order valence-electron chi connectivity index (χ0n) is 19.9. The summed E-state index contributed by atoms with van der Waals surface area (Å²) in [6, 6.07) is 15.9.